The molecule has 0 atom stereocenters. The van der Waals surface area contributed by atoms with Gasteiger partial charge < -0.3 is 5.32 Å². The number of carbonyl (C=O) groups is 1. The molecule has 1 amide bonds. The highest BCUT2D eigenvalue weighted by molar-refractivity contribution is 5.76. The van der Waals surface area contributed by atoms with Gasteiger partial charge >= 0.3 is 0 Å². The Morgan fingerprint density at radius 2 is 1.95 bits per heavy atom. The number of nitrogens with one attached hydrogen (secondary N) is 1. The molecule has 22 heavy (non-hydrogen) atoms. The fourth-order valence-electron chi connectivity index (χ4n) is 2.84. The van der Waals surface area contributed by atoms with Crippen molar-refractivity contribution in [2.45, 2.75) is 65.0 Å². The van der Waals surface area contributed by atoms with E-state index in [0.29, 0.717) is 11.3 Å². The molecule has 0 saturated heterocycles. The van der Waals surface area contributed by atoms with E-state index in [9.17, 15) is 9.59 Å². The van der Waals surface area contributed by atoms with Crippen LogP contribution in [0.4, 0.5) is 0 Å². The first-order chi connectivity index (χ1) is 10.5. The van der Waals surface area contributed by atoms with Crippen LogP contribution in [0.1, 0.15) is 55.3 Å². The summed E-state index contributed by atoms with van der Waals surface area (Å²) in [6, 6.07) is 2.09. The van der Waals surface area contributed by atoms with Crippen molar-refractivity contribution in [2.75, 3.05) is 0 Å². The van der Waals surface area contributed by atoms with Gasteiger partial charge in [-0.1, -0.05) is 25.7 Å². The van der Waals surface area contributed by atoms with Crippen molar-refractivity contribution in [3.05, 3.63) is 27.2 Å². The monoisotopic (exact) mass is 302 g/mol. The fourth-order valence-corrected chi connectivity index (χ4v) is 2.84. The van der Waals surface area contributed by atoms with E-state index >= 15 is 0 Å². The Labute approximate surface area is 130 Å². The van der Waals surface area contributed by atoms with E-state index in [1.54, 1.807) is 13.8 Å². The van der Waals surface area contributed by atoms with E-state index in [2.05, 4.69) is 10.4 Å². The van der Waals surface area contributed by atoms with Gasteiger partial charge in [0.2, 0.25) is 5.91 Å². The lowest BCUT2D eigenvalue weighted by molar-refractivity contribution is -0.122. The lowest BCUT2D eigenvalue weighted by Crippen LogP contribution is -2.40. The highest BCUT2D eigenvalue weighted by Crippen LogP contribution is 2.17. The van der Waals surface area contributed by atoms with Crippen LogP contribution in [0.25, 0.3) is 0 Å². The van der Waals surface area contributed by atoms with Crippen molar-refractivity contribution in [3.8, 4) is 6.07 Å². The van der Waals surface area contributed by atoms with Crippen molar-refractivity contribution < 1.29 is 4.79 Å². The summed E-state index contributed by atoms with van der Waals surface area (Å²) in [4.78, 5) is 24.3. The molecule has 2 rings (SSSR count). The average Bonchev–Trinajstić information content (AvgIpc) is 2.74. The second-order valence-corrected chi connectivity index (χ2v) is 5.92. The van der Waals surface area contributed by atoms with Crippen molar-refractivity contribution in [2.24, 2.45) is 0 Å². The summed E-state index contributed by atoms with van der Waals surface area (Å²) < 4.78 is 1.09. The van der Waals surface area contributed by atoms with Crippen LogP contribution >= 0.6 is 0 Å². The minimum absolute atomic E-state index is 0.0646. The minimum atomic E-state index is -0.499. The van der Waals surface area contributed by atoms with Crippen LogP contribution in [0.15, 0.2) is 4.79 Å². The van der Waals surface area contributed by atoms with Crippen LogP contribution in [0.5, 0.6) is 0 Å². The van der Waals surface area contributed by atoms with Crippen LogP contribution in [0, 0.1) is 25.2 Å². The molecule has 0 bridgehead atoms. The molecular formula is C16H22N4O2. The van der Waals surface area contributed by atoms with Gasteiger partial charge in [0.15, 0.2) is 0 Å². The van der Waals surface area contributed by atoms with E-state index in [4.69, 9.17) is 5.26 Å². The number of carbonyl (C=O) groups excluding carboxylic acids is 1. The maximum atomic E-state index is 12.2. The molecule has 0 radical (unpaired) electrons. The number of nitriles is 1. The number of aryl methyl sites for hydroxylation is 1. The van der Waals surface area contributed by atoms with Crippen molar-refractivity contribution in [1.29, 1.82) is 5.26 Å². The van der Waals surface area contributed by atoms with Gasteiger partial charge in [-0.3, -0.25) is 9.59 Å². The zero-order valence-electron chi connectivity index (χ0n) is 13.2. The third-order valence-corrected chi connectivity index (χ3v) is 4.26. The number of hydrogen-bond donors (Lipinski definition) is 1. The molecule has 1 aromatic heterocycles. The highest BCUT2D eigenvalue weighted by Gasteiger charge is 2.17. The summed E-state index contributed by atoms with van der Waals surface area (Å²) in [6.45, 7) is 3.29. The first kappa shape index (κ1) is 16.2. The molecule has 0 aromatic carbocycles. The van der Waals surface area contributed by atoms with Crippen LogP contribution in [-0.2, 0) is 11.3 Å². The van der Waals surface area contributed by atoms with Crippen LogP contribution in [0.3, 0.4) is 0 Å². The van der Waals surface area contributed by atoms with Gasteiger partial charge in [-0.05, 0) is 32.3 Å². The molecule has 1 aliphatic carbocycles. The van der Waals surface area contributed by atoms with Gasteiger partial charge in [0.25, 0.3) is 5.56 Å². The minimum Gasteiger partial charge on any atom is -0.352 e. The predicted octanol–water partition coefficient (Wildman–Crippen LogP) is 1.57. The van der Waals surface area contributed by atoms with Gasteiger partial charge in [-0.2, -0.15) is 10.4 Å². The predicted molar refractivity (Wildman–Crippen MR) is 82.3 cm³/mol. The van der Waals surface area contributed by atoms with Gasteiger partial charge in [0.1, 0.15) is 18.2 Å². The topological polar surface area (TPSA) is 87.8 Å². The summed E-state index contributed by atoms with van der Waals surface area (Å²) in [5, 5.41) is 16.2. The third kappa shape index (κ3) is 3.73. The first-order valence-electron chi connectivity index (χ1n) is 7.80. The van der Waals surface area contributed by atoms with Crippen LogP contribution in [-0.4, -0.2) is 21.7 Å². The molecule has 6 heteroatoms. The first-order valence-corrected chi connectivity index (χ1v) is 7.80. The average molecular weight is 302 g/mol. The fraction of sp³-hybridized carbons (Fsp3) is 0.625. The Morgan fingerprint density at radius 3 is 2.55 bits per heavy atom. The van der Waals surface area contributed by atoms with Crippen molar-refractivity contribution >= 4 is 5.91 Å². The summed E-state index contributed by atoms with van der Waals surface area (Å²) in [6.07, 6.45) is 6.68. The largest absolute Gasteiger partial charge is 0.352 e. The molecule has 1 heterocycles. The molecule has 0 unspecified atom stereocenters. The molecular weight excluding hydrogens is 280 g/mol. The molecule has 6 nitrogen and oxygen atoms in total. The second-order valence-electron chi connectivity index (χ2n) is 5.92. The molecule has 0 aliphatic heterocycles. The number of rotatable bonds is 3. The Morgan fingerprint density at radius 1 is 1.32 bits per heavy atom. The smallest absolute Gasteiger partial charge is 0.285 e. The standard InChI is InChI=1S/C16H22N4O2/c1-11-12(2)19-20(16(22)14(11)9-17)10-15(21)18-13-7-5-3-4-6-8-13/h13H,3-8,10H2,1-2H3,(H,18,21). The van der Waals surface area contributed by atoms with Gasteiger partial charge in [0.05, 0.1) is 5.69 Å². The molecule has 1 N–H and O–H groups in total. The van der Waals surface area contributed by atoms with E-state index in [1.165, 1.54) is 12.8 Å². The normalized spacial score (nSPS) is 15.9. The summed E-state index contributed by atoms with van der Waals surface area (Å²) >= 11 is 0. The van der Waals surface area contributed by atoms with Gasteiger partial charge in [-0.25, -0.2) is 4.68 Å². The molecule has 1 saturated carbocycles. The van der Waals surface area contributed by atoms with Gasteiger partial charge in [-0.15, -0.1) is 0 Å². The Hall–Kier alpha value is -2.16. The summed E-state index contributed by atoms with van der Waals surface area (Å²) in [7, 11) is 0. The molecule has 0 spiro atoms. The lowest BCUT2D eigenvalue weighted by Gasteiger charge is -2.16. The van der Waals surface area contributed by atoms with E-state index in [1.807, 2.05) is 6.07 Å². The number of nitrogens with zero attached hydrogens (tertiary/aromatic N) is 3. The zero-order valence-corrected chi connectivity index (χ0v) is 13.2. The van der Waals surface area contributed by atoms with Crippen LogP contribution < -0.4 is 10.9 Å². The van der Waals surface area contributed by atoms with Crippen molar-refractivity contribution in [3.63, 3.8) is 0 Å². The maximum Gasteiger partial charge on any atom is 0.285 e. The zero-order chi connectivity index (χ0) is 16.1. The molecule has 1 aromatic rings. The Balaban J connectivity index is 2.10. The third-order valence-electron chi connectivity index (χ3n) is 4.26. The Kier molecular flexibility index (Phi) is 5.31. The summed E-state index contributed by atoms with van der Waals surface area (Å²) in [5.74, 6) is -0.214. The van der Waals surface area contributed by atoms with Gasteiger partial charge in [0, 0.05) is 6.04 Å². The number of aromatic nitrogens is 2. The van der Waals surface area contributed by atoms with E-state index < -0.39 is 5.56 Å². The molecule has 1 aliphatic rings. The molecule has 1 fully saturated rings. The summed E-state index contributed by atoms with van der Waals surface area (Å²) in [5.41, 5.74) is 0.739. The molecule has 118 valence electrons. The number of hydrogen-bond acceptors (Lipinski definition) is 4. The second kappa shape index (κ2) is 7.21. The van der Waals surface area contributed by atoms with E-state index in [-0.39, 0.29) is 24.1 Å². The lowest BCUT2D eigenvalue weighted by atomic mass is 10.1. The SMILES string of the molecule is Cc1nn(CC(=O)NC2CCCCCC2)c(=O)c(C#N)c1C. The Bertz CT molecular complexity index is 649. The maximum absolute atomic E-state index is 12.2. The van der Waals surface area contributed by atoms with Crippen LogP contribution in [0.2, 0.25) is 0 Å². The quantitative estimate of drug-likeness (QED) is 0.858. The van der Waals surface area contributed by atoms with Crippen molar-refractivity contribution in [1.82, 2.24) is 15.1 Å². The number of amides is 1. The van der Waals surface area contributed by atoms with E-state index in [0.717, 1.165) is 30.4 Å². The highest BCUT2D eigenvalue weighted by atomic mass is 16.2.